The molecule has 0 saturated heterocycles. The number of para-hydroxylation sites is 1. The summed E-state index contributed by atoms with van der Waals surface area (Å²) < 4.78 is 1.16. The largest absolute Gasteiger partial charge is 0.239 e. The highest BCUT2D eigenvalue weighted by atomic mass is 35.5. The van der Waals surface area contributed by atoms with Gasteiger partial charge in [0, 0.05) is 6.42 Å². The average molecular weight is 260 g/mol. The van der Waals surface area contributed by atoms with Crippen LogP contribution in [0.2, 0.25) is 5.02 Å². The molecule has 3 aromatic rings. The maximum absolute atomic E-state index is 6.12. The fourth-order valence-electron chi connectivity index (χ4n) is 1.81. The number of benzene rings is 2. The summed E-state index contributed by atoms with van der Waals surface area (Å²) in [6, 6.07) is 16.3. The van der Waals surface area contributed by atoms with Crippen molar-refractivity contribution in [2.45, 2.75) is 6.42 Å². The van der Waals surface area contributed by atoms with Crippen LogP contribution in [-0.4, -0.2) is 4.98 Å². The minimum absolute atomic E-state index is 0.734. The average Bonchev–Trinajstić information content (AvgIpc) is 2.74. The summed E-state index contributed by atoms with van der Waals surface area (Å²) in [5.74, 6) is 0. The zero-order valence-electron chi connectivity index (χ0n) is 9.06. The van der Waals surface area contributed by atoms with E-state index in [9.17, 15) is 0 Å². The molecule has 3 rings (SSSR count). The van der Waals surface area contributed by atoms with Gasteiger partial charge in [-0.1, -0.05) is 48.0 Å². The van der Waals surface area contributed by atoms with E-state index in [1.807, 2.05) is 18.2 Å². The van der Waals surface area contributed by atoms with E-state index in [1.54, 1.807) is 11.3 Å². The highest BCUT2D eigenvalue weighted by Gasteiger charge is 2.06. The maximum Gasteiger partial charge on any atom is 0.100 e. The van der Waals surface area contributed by atoms with E-state index < -0.39 is 0 Å². The number of nitrogens with zero attached hydrogens (tertiary/aromatic N) is 1. The summed E-state index contributed by atoms with van der Waals surface area (Å²) in [4.78, 5) is 4.59. The van der Waals surface area contributed by atoms with Gasteiger partial charge in [-0.05, 0) is 17.7 Å². The van der Waals surface area contributed by atoms with E-state index in [-0.39, 0.29) is 0 Å². The molecule has 1 heterocycles. The van der Waals surface area contributed by atoms with Crippen molar-refractivity contribution < 1.29 is 0 Å². The van der Waals surface area contributed by atoms with Crippen molar-refractivity contribution in [2.24, 2.45) is 0 Å². The van der Waals surface area contributed by atoms with E-state index in [1.165, 1.54) is 5.56 Å². The SMILES string of the molecule is Clc1cccc2sc(Cc3ccccc3)nc12. The Balaban J connectivity index is 1.99. The monoisotopic (exact) mass is 259 g/mol. The van der Waals surface area contributed by atoms with Gasteiger partial charge in [-0.15, -0.1) is 11.3 Å². The second-order valence-electron chi connectivity index (χ2n) is 3.86. The molecule has 2 aromatic carbocycles. The summed E-state index contributed by atoms with van der Waals surface area (Å²) in [7, 11) is 0. The zero-order valence-corrected chi connectivity index (χ0v) is 10.6. The van der Waals surface area contributed by atoms with Crippen LogP contribution in [-0.2, 0) is 6.42 Å². The number of aromatic nitrogens is 1. The zero-order chi connectivity index (χ0) is 11.7. The van der Waals surface area contributed by atoms with Crippen LogP contribution < -0.4 is 0 Å². The summed E-state index contributed by atoms with van der Waals surface area (Å²) >= 11 is 7.83. The third-order valence-corrected chi connectivity index (χ3v) is 3.94. The van der Waals surface area contributed by atoms with Crippen LogP contribution in [0.25, 0.3) is 10.2 Å². The van der Waals surface area contributed by atoms with Crippen LogP contribution >= 0.6 is 22.9 Å². The number of fused-ring (bicyclic) bond motifs is 1. The normalized spacial score (nSPS) is 10.9. The van der Waals surface area contributed by atoms with Crippen molar-refractivity contribution in [3.05, 3.63) is 64.1 Å². The summed E-state index contributed by atoms with van der Waals surface area (Å²) in [6.45, 7) is 0. The van der Waals surface area contributed by atoms with E-state index >= 15 is 0 Å². The predicted molar refractivity (Wildman–Crippen MR) is 73.9 cm³/mol. The second kappa shape index (κ2) is 4.47. The molecule has 3 heteroatoms. The maximum atomic E-state index is 6.12. The molecule has 0 aliphatic heterocycles. The fraction of sp³-hybridized carbons (Fsp3) is 0.0714. The highest BCUT2D eigenvalue weighted by molar-refractivity contribution is 7.18. The number of rotatable bonds is 2. The lowest BCUT2D eigenvalue weighted by Gasteiger charge is -1.95. The smallest absolute Gasteiger partial charge is 0.100 e. The molecule has 0 fully saturated rings. The third kappa shape index (κ3) is 2.19. The molecule has 1 aromatic heterocycles. The molecular formula is C14H10ClNS. The Morgan fingerprint density at radius 2 is 1.82 bits per heavy atom. The van der Waals surface area contributed by atoms with Crippen LogP contribution in [0.5, 0.6) is 0 Å². The van der Waals surface area contributed by atoms with Crippen molar-refractivity contribution >= 4 is 33.2 Å². The molecule has 0 radical (unpaired) electrons. The minimum atomic E-state index is 0.734. The molecular weight excluding hydrogens is 250 g/mol. The van der Waals surface area contributed by atoms with Gasteiger partial charge in [-0.2, -0.15) is 0 Å². The molecule has 0 atom stereocenters. The Bertz CT molecular complexity index is 646. The first-order chi connectivity index (χ1) is 8.33. The van der Waals surface area contributed by atoms with Crippen LogP contribution in [0.3, 0.4) is 0 Å². The second-order valence-corrected chi connectivity index (χ2v) is 5.38. The number of halogens is 1. The predicted octanol–water partition coefficient (Wildman–Crippen LogP) is 4.54. The third-order valence-electron chi connectivity index (χ3n) is 2.61. The molecule has 0 amide bonds. The van der Waals surface area contributed by atoms with E-state index in [0.29, 0.717) is 0 Å². The first-order valence-corrected chi connectivity index (χ1v) is 6.60. The topological polar surface area (TPSA) is 12.9 Å². The molecule has 0 saturated carbocycles. The van der Waals surface area contributed by atoms with E-state index in [4.69, 9.17) is 11.6 Å². The van der Waals surface area contributed by atoms with Crippen molar-refractivity contribution in [1.82, 2.24) is 4.98 Å². The quantitative estimate of drug-likeness (QED) is 0.658. The first kappa shape index (κ1) is 10.8. The Kier molecular flexibility index (Phi) is 2.83. The van der Waals surface area contributed by atoms with Gasteiger partial charge >= 0.3 is 0 Å². The van der Waals surface area contributed by atoms with Crippen molar-refractivity contribution in [1.29, 1.82) is 0 Å². The fourth-order valence-corrected chi connectivity index (χ4v) is 3.11. The molecule has 0 aliphatic carbocycles. The molecule has 0 spiro atoms. The molecule has 17 heavy (non-hydrogen) atoms. The van der Waals surface area contributed by atoms with E-state index in [0.717, 1.165) is 26.7 Å². The van der Waals surface area contributed by atoms with Gasteiger partial charge in [0.25, 0.3) is 0 Å². The van der Waals surface area contributed by atoms with Gasteiger partial charge < -0.3 is 0 Å². The number of hydrogen-bond donors (Lipinski definition) is 0. The standard InChI is InChI=1S/C14H10ClNS/c15-11-7-4-8-12-14(11)16-13(17-12)9-10-5-2-1-3-6-10/h1-8H,9H2. The van der Waals surface area contributed by atoms with Gasteiger partial charge in [0.1, 0.15) is 5.52 Å². The molecule has 0 aliphatic rings. The van der Waals surface area contributed by atoms with Crippen LogP contribution in [0, 0.1) is 0 Å². The van der Waals surface area contributed by atoms with Gasteiger partial charge in [0.2, 0.25) is 0 Å². The summed E-state index contributed by atoms with van der Waals surface area (Å²) in [5.41, 5.74) is 2.20. The van der Waals surface area contributed by atoms with Crippen LogP contribution in [0.15, 0.2) is 48.5 Å². The first-order valence-electron chi connectivity index (χ1n) is 5.41. The minimum Gasteiger partial charge on any atom is -0.239 e. The van der Waals surface area contributed by atoms with Gasteiger partial charge in [-0.3, -0.25) is 0 Å². The van der Waals surface area contributed by atoms with Gasteiger partial charge in [-0.25, -0.2) is 4.98 Å². The van der Waals surface area contributed by atoms with Crippen molar-refractivity contribution in [3.8, 4) is 0 Å². The molecule has 0 unspecified atom stereocenters. The molecule has 84 valence electrons. The summed E-state index contributed by atoms with van der Waals surface area (Å²) in [6.07, 6.45) is 0.872. The molecule has 0 bridgehead atoms. The van der Waals surface area contributed by atoms with E-state index in [2.05, 4.69) is 35.3 Å². The lowest BCUT2D eigenvalue weighted by molar-refractivity contribution is 1.16. The van der Waals surface area contributed by atoms with Crippen LogP contribution in [0.4, 0.5) is 0 Å². The Morgan fingerprint density at radius 3 is 2.59 bits per heavy atom. The van der Waals surface area contributed by atoms with Crippen molar-refractivity contribution in [2.75, 3.05) is 0 Å². The summed E-state index contributed by atoms with van der Waals surface area (Å²) in [5, 5.41) is 1.84. The Hall–Kier alpha value is -1.38. The highest BCUT2D eigenvalue weighted by Crippen LogP contribution is 2.28. The van der Waals surface area contributed by atoms with Crippen molar-refractivity contribution in [3.63, 3.8) is 0 Å². The number of thiazole rings is 1. The number of hydrogen-bond acceptors (Lipinski definition) is 2. The van der Waals surface area contributed by atoms with Gasteiger partial charge in [0.05, 0.1) is 14.7 Å². The Labute approximate surface area is 109 Å². The van der Waals surface area contributed by atoms with Crippen LogP contribution in [0.1, 0.15) is 10.6 Å². The lowest BCUT2D eigenvalue weighted by Crippen LogP contribution is -1.85. The lowest BCUT2D eigenvalue weighted by atomic mass is 10.2. The van der Waals surface area contributed by atoms with Gasteiger partial charge in [0.15, 0.2) is 0 Å². The Morgan fingerprint density at radius 1 is 1.00 bits per heavy atom. The molecule has 1 nitrogen and oxygen atoms in total. The molecule has 0 N–H and O–H groups in total.